The van der Waals surface area contributed by atoms with E-state index in [1.54, 1.807) is 12.4 Å². The molecule has 2 aromatic heterocycles. The minimum absolute atomic E-state index is 0.0139. The van der Waals surface area contributed by atoms with Crippen molar-refractivity contribution in [1.82, 2.24) is 14.9 Å². The molecule has 120 valence electrons. The van der Waals surface area contributed by atoms with Crippen LogP contribution in [0.15, 0.2) is 48.9 Å². The molecule has 1 aliphatic heterocycles. The normalized spacial score (nSPS) is 20.1. The fraction of sp³-hybridized carbons (Fsp3) is 0.389. The molecule has 23 heavy (non-hydrogen) atoms. The quantitative estimate of drug-likeness (QED) is 0.919. The van der Waals surface area contributed by atoms with Gasteiger partial charge in [0.1, 0.15) is 6.04 Å². The molecule has 0 saturated carbocycles. The molecule has 5 nitrogen and oxygen atoms in total. The lowest BCUT2D eigenvalue weighted by Crippen LogP contribution is -2.47. The van der Waals surface area contributed by atoms with E-state index in [1.807, 2.05) is 36.5 Å². The number of aromatic nitrogens is 2. The van der Waals surface area contributed by atoms with Crippen LogP contribution in [0.2, 0.25) is 0 Å². The van der Waals surface area contributed by atoms with Gasteiger partial charge in [-0.2, -0.15) is 0 Å². The molecule has 5 heteroatoms. The number of hydrogen-bond acceptors (Lipinski definition) is 4. The predicted molar refractivity (Wildman–Crippen MR) is 86.9 cm³/mol. The highest BCUT2D eigenvalue weighted by atomic mass is 16.4. The minimum atomic E-state index is -0.736. The van der Waals surface area contributed by atoms with Crippen LogP contribution in [-0.4, -0.2) is 38.5 Å². The van der Waals surface area contributed by atoms with Gasteiger partial charge in [-0.25, -0.2) is 0 Å². The molecule has 0 amide bonds. The number of carbonyl (C=O) groups is 1. The number of piperidine rings is 1. The summed E-state index contributed by atoms with van der Waals surface area (Å²) < 4.78 is 0. The third kappa shape index (κ3) is 3.74. The molecule has 1 aliphatic rings. The molecule has 0 aliphatic carbocycles. The van der Waals surface area contributed by atoms with Gasteiger partial charge in [0.15, 0.2) is 0 Å². The lowest BCUT2D eigenvalue weighted by atomic mass is 9.94. The second-order valence-electron chi connectivity index (χ2n) is 5.91. The molecule has 1 saturated heterocycles. The van der Waals surface area contributed by atoms with Gasteiger partial charge >= 0.3 is 5.97 Å². The van der Waals surface area contributed by atoms with Crippen LogP contribution in [0.25, 0.3) is 0 Å². The Hall–Kier alpha value is -2.27. The zero-order valence-corrected chi connectivity index (χ0v) is 13.0. The van der Waals surface area contributed by atoms with E-state index in [-0.39, 0.29) is 6.04 Å². The number of hydrogen-bond donors (Lipinski definition) is 1. The van der Waals surface area contributed by atoms with Crippen molar-refractivity contribution in [3.05, 3.63) is 60.2 Å². The standard InChI is InChI=1S/C18H21N3O2/c22-18(23)16-8-2-4-11-21(16)17(14-6-5-9-19-13-14)12-15-7-1-3-10-20-15/h1,3,5-7,9-10,13,16-17H,2,4,8,11-12H2,(H,22,23). The largest absolute Gasteiger partial charge is 0.480 e. The monoisotopic (exact) mass is 311 g/mol. The third-order valence-corrected chi connectivity index (χ3v) is 4.43. The minimum Gasteiger partial charge on any atom is -0.480 e. The van der Waals surface area contributed by atoms with E-state index in [0.717, 1.165) is 30.6 Å². The maximum atomic E-state index is 11.7. The SMILES string of the molecule is O=C(O)C1CCCCN1C(Cc1ccccn1)c1cccnc1. The van der Waals surface area contributed by atoms with Crippen LogP contribution < -0.4 is 0 Å². The van der Waals surface area contributed by atoms with Gasteiger partial charge in [-0.1, -0.05) is 18.6 Å². The van der Waals surface area contributed by atoms with Crippen LogP contribution >= 0.6 is 0 Å². The van der Waals surface area contributed by atoms with Crippen LogP contribution in [0.1, 0.15) is 36.6 Å². The molecule has 0 spiro atoms. The summed E-state index contributed by atoms with van der Waals surface area (Å²) in [5.74, 6) is -0.736. The number of rotatable bonds is 5. The van der Waals surface area contributed by atoms with Gasteiger partial charge < -0.3 is 5.11 Å². The van der Waals surface area contributed by atoms with Crippen molar-refractivity contribution in [2.45, 2.75) is 37.8 Å². The fourth-order valence-corrected chi connectivity index (χ4v) is 3.31. The average molecular weight is 311 g/mol. The third-order valence-electron chi connectivity index (χ3n) is 4.43. The van der Waals surface area contributed by atoms with Crippen molar-refractivity contribution in [3.8, 4) is 0 Å². The van der Waals surface area contributed by atoms with Crippen molar-refractivity contribution < 1.29 is 9.90 Å². The van der Waals surface area contributed by atoms with Crippen LogP contribution in [0.5, 0.6) is 0 Å². The maximum absolute atomic E-state index is 11.7. The van der Waals surface area contributed by atoms with E-state index in [9.17, 15) is 9.90 Å². The summed E-state index contributed by atoms with van der Waals surface area (Å²) in [5.41, 5.74) is 2.02. The molecule has 0 radical (unpaired) electrons. The highest BCUT2D eigenvalue weighted by molar-refractivity contribution is 5.73. The van der Waals surface area contributed by atoms with Crippen LogP contribution in [0, 0.1) is 0 Å². The first-order valence-corrected chi connectivity index (χ1v) is 8.04. The highest BCUT2D eigenvalue weighted by Gasteiger charge is 2.34. The van der Waals surface area contributed by atoms with Crippen molar-refractivity contribution in [2.24, 2.45) is 0 Å². The number of carboxylic acid groups (broad SMARTS) is 1. The molecule has 3 rings (SSSR count). The Kier molecular flexibility index (Phi) is 4.98. The molecular formula is C18H21N3O2. The predicted octanol–water partition coefficient (Wildman–Crippen LogP) is 2.70. The summed E-state index contributed by atoms with van der Waals surface area (Å²) >= 11 is 0. The van der Waals surface area contributed by atoms with Crippen LogP contribution in [-0.2, 0) is 11.2 Å². The average Bonchev–Trinajstić information content (AvgIpc) is 2.61. The Balaban J connectivity index is 1.92. The molecule has 2 aromatic rings. The van der Waals surface area contributed by atoms with Gasteiger partial charge in [-0.05, 0) is 43.1 Å². The number of likely N-dealkylation sites (tertiary alicyclic amines) is 1. The maximum Gasteiger partial charge on any atom is 0.320 e. The number of carboxylic acids is 1. The molecule has 1 fully saturated rings. The van der Waals surface area contributed by atoms with E-state index in [4.69, 9.17) is 0 Å². The summed E-state index contributed by atoms with van der Waals surface area (Å²) in [5, 5.41) is 9.60. The van der Waals surface area contributed by atoms with Crippen molar-refractivity contribution in [3.63, 3.8) is 0 Å². The van der Waals surface area contributed by atoms with Gasteiger partial charge in [0, 0.05) is 36.7 Å². The van der Waals surface area contributed by atoms with E-state index in [2.05, 4.69) is 14.9 Å². The van der Waals surface area contributed by atoms with Gasteiger partial charge in [0.25, 0.3) is 0 Å². The Morgan fingerprint density at radius 2 is 2.17 bits per heavy atom. The lowest BCUT2D eigenvalue weighted by molar-refractivity contribution is -0.146. The summed E-state index contributed by atoms with van der Waals surface area (Å²) in [7, 11) is 0. The molecule has 0 bridgehead atoms. The first kappa shape index (κ1) is 15.6. The molecule has 2 atom stereocenters. The highest BCUT2D eigenvalue weighted by Crippen LogP contribution is 2.31. The molecule has 3 heterocycles. The van der Waals surface area contributed by atoms with E-state index in [0.29, 0.717) is 12.8 Å². The number of pyridine rings is 2. The Morgan fingerprint density at radius 3 is 2.87 bits per heavy atom. The van der Waals surface area contributed by atoms with Gasteiger partial charge in [-0.3, -0.25) is 19.7 Å². The number of aliphatic carboxylic acids is 1. The molecule has 2 unspecified atom stereocenters. The van der Waals surface area contributed by atoms with Crippen molar-refractivity contribution in [1.29, 1.82) is 0 Å². The topological polar surface area (TPSA) is 66.3 Å². The first-order valence-electron chi connectivity index (χ1n) is 8.04. The molecular weight excluding hydrogens is 290 g/mol. The Bertz CT molecular complexity index is 633. The van der Waals surface area contributed by atoms with Gasteiger partial charge in [0.05, 0.1) is 0 Å². The first-order chi connectivity index (χ1) is 11.3. The van der Waals surface area contributed by atoms with Crippen molar-refractivity contribution in [2.75, 3.05) is 6.54 Å². The van der Waals surface area contributed by atoms with Crippen LogP contribution in [0.3, 0.4) is 0 Å². The van der Waals surface area contributed by atoms with E-state index in [1.165, 1.54) is 0 Å². The zero-order chi connectivity index (χ0) is 16.1. The van der Waals surface area contributed by atoms with Crippen molar-refractivity contribution >= 4 is 5.97 Å². The van der Waals surface area contributed by atoms with Gasteiger partial charge in [0.2, 0.25) is 0 Å². The Morgan fingerprint density at radius 1 is 1.26 bits per heavy atom. The molecule has 1 N–H and O–H groups in total. The summed E-state index contributed by atoms with van der Waals surface area (Å²) in [4.78, 5) is 22.4. The zero-order valence-electron chi connectivity index (χ0n) is 13.0. The smallest absolute Gasteiger partial charge is 0.320 e. The second-order valence-corrected chi connectivity index (χ2v) is 5.91. The lowest BCUT2D eigenvalue weighted by Gasteiger charge is -2.39. The summed E-state index contributed by atoms with van der Waals surface area (Å²) in [6.07, 6.45) is 8.75. The van der Waals surface area contributed by atoms with Gasteiger partial charge in [-0.15, -0.1) is 0 Å². The van der Waals surface area contributed by atoms with Crippen LogP contribution in [0.4, 0.5) is 0 Å². The second kappa shape index (κ2) is 7.33. The summed E-state index contributed by atoms with van der Waals surface area (Å²) in [6.45, 7) is 0.795. The van der Waals surface area contributed by atoms with E-state index < -0.39 is 12.0 Å². The summed E-state index contributed by atoms with van der Waals surface area (Å²) in [6, 6.07) is 9.33. The number of nitrogens with zero attached hydrogens (tertiary/aromatic N) is 3. The molecule has 0 aromatic carbocycles. The fourth-order valence-electron chi connectivity index (χ4n) is 3.31. The Labute approximate surface area is 136 Å². The van der Waals surface area contributed by atoms with E-state index >= 15 is 0 Å².